The Kier molecular flexibility index (Phi) is 4.36. The fraction of sp³-hybridized carbons (Fsp3) is 0.917. The van der Waals surface area contributed by atoms with Gasteiger partial charge in [0.2, 0.25) is 5.91 Å². The van der Waals surface area contributed by atoms with Crippen LogP contribution < -0.4 is 11.1 Å². The van der Waals surface area contributed by atoms with E-state index in [4.69, 9.17) is 10.5 Å². The molecule has 0 aromatic heterocycles. The highest BCUT2D eigenvalue weighted by atomic mass is 16.5. The average Bonchev–Trinajstić information content (AvgIpc) is 3.12. The summed E-state index contributed by atoms with van der Waals surface area (Å²) in [6, 6.07) is 0.841. The first kappa shape index (κ1) is 12.8. The van der Waals surface area contributed by atoms with E-state index in [-0.39, 0.29) is 12.0 Å². The van der Waals surface area contributed by atoms with Crippen LogP contribution >= 0.6 is 0 Å². The molecule has 98 valence electrons. The minimum atomic E-state index is 0.123. The number of amides is 1. The average molecular weight is 241 g/mol. The normalized spacial score (nSPS) is 30.2. The number of hydrogen-bond acceptors (Lipinski definition) is 4. The molecule has 0 spiro atoms. The van der Waals surface area contributed by atoms with Gasteiger partial charge in [-0.2, -0.15) is 0 Å². The second-order valence-corrected chi connectivity index (χ2v) is 5.13. The predicted octanol–water partition coefficient (Wildman–Crippen LogP) is -0.297. The lowest BCUT2D eigenvalue weighted by atomic mass is 10.2. The first-order valence-corrected chi connectivity index (χ1v) is 6.54. The predicted molar refractivity (Wildman–Crippen MR) is 65.6 cm³/mol. The summed E-state index contributed by atoms with van der Waals surface area (Å²) in [5.74, 6) is 0.176. The summed E-state index contributed by atoms with van der Waals surface area (Å²) in [5, 5.41) is 3.01. The van der Waals surface area contributed by atoms with E-state index in [1.54, 1.807) is 0 Å². The summed E-state index contributed by atoms with van der Waals surface area (Å²) in [7, 11) is 0. The van der Waals surface area contributed by atoms with Crippen molar-refractivity contribution in [3.63, 3.8) is 0 Å². The Morgan fingerprint density at radius 1 is 1.53 bits per heavy atom. The number of ether oxygens (including phenoxy) is 1. The van der Waals surface area contributed by atoms with E-state index >= 15 is 0 Å². The number of nitrogens with two attached hydrogens (primary N) is 1. The molecular formula is C12H23N3O2. The molecule has 1 aliphatic heterocycles. The summed E-state index contributed by atoms with van der Waals surface area (Å²) < 4.78 is 5.58. The molecule has 0 bridgehead atoms. The number of carbonyl (C=O) groups excluding carboxylic acids is 1. The smallest absolute Gasteiger partial charge is 0.221 e. The molecule has 0 radical (unpaired) electrons. The van der Waals surface area contributed by atoms with Gasteiger partial charge in [0.05, 0.1) is 12.7 Å². The van der Waals surface area contributed by atoms with Crippen LogP contribution in [0.3, 0.4) is 0 Å². The zero-order chi connectivity index (χ0) is 12.3. The number of morpholine rings is 1. The van der Waals surface area contributed by atoms with Crippen LogP contribution in [0.1, 0.15) is 26.2 Å². The highest BCUT2D eigenvalue weighted by molar-refractivity contribution is 5.76. The van der Waals surface area contributed by atoms with Gasteiger partial charge in [0, 0.05) is 38.1 Å². The second kappa shape index (κ2) is 5.80. The maximum atomic E-state index is 11.6. The summed E-state index contributed by atoms with van der Waals surface area (Å²) >= 11 is 0. The standard InChI is InChI=1S/C12H23N3O2/c1-9-8-17-11(6-13)7-15(9)5-4-12(16)14-10-2-3-10/h9-11H,2-8,13H2,1H3,(H,14,16). The van der Waals surface area contributed by atoms with Gasteiger partial charge in [0.25, 0.3) is 0 Å². The highest BCUT2D eigenvalue weighted by Crippen LogP contribution is 2.18. The van der Waals surface area contributed by atoms with Gasteiger partial charge in [0.1, 0.15) is 0 Å². The van der Waals surface area contributed by atoms with Crippen molar-refractivity contribution in [1.29, 1.82) is 0 Å². The van der Waals surface area contributed by atoms with Gasteiger partial charge in [-0.05, 0) is 19.8 Å². The maximum absolute atomic E-state index is 11.6. The van der Waals surface area contributed by atoms with E-state index in [9.17, 15) is 4.79 Å². The van der Waals surface area contributed by atoms with Crippen LogP contribution in [0.5, 0.6) is 0 Å². The molecule has 1 aliphatic carbocycles. The molecule has 1 saturated heterocycles. The van der Waals surface area contributed by atoms with Gasteiger partial charge in [-0.1, -0.05) is 0 Å². The van der Waals surface area contributed by atoms with Crippen molar-refractivity contribution < 1.29 is 9.53 Å². The van der Waals surface area contributed by atoms with Crippen LogP contribution in [0.25, 0.3) is 0 Å². The van der Waals surface area contributed by atoms with Gasteiger partial charge >= 0.3 is 0 Å². The van der Waals surface area contributed by atoms with E-state index in [1.807, 2.05) is 0 Å². The molecule has 5 nitrogen and oxygen atoms in total. The lowest BCUT2D eigenvalue weighted by Crippen LogP contribution is -2.51. The number of hydrogen-bond donors (Lipinski definition) is 2. The highest BCUT2D eigenvalue weighted by Gasteiger charge is 2.27. The Bertz CT molecular complexity index is 268. The van der Waals surface area contributed by atoms with Crippen LogP contribution in [-0.4, -0.2) is 55.2 Å². The summed E-state index contributed by atoms with van der Waals surface area (Å²) in [6.07, 6.45) is 3.00. The lowest BCUT2D eigenvalue weighted by molar-refractivity contribution is -0.122. The van der Waals surface area contributed by atoms with Crippen LogP contribution in [-0.2, 0) is 9.53 Å². The van der Waals surface area contributed by atoms with Crippen LogP contribution in [0.2, 0.25) is 0 Å². The van der Waals surface area contributed by atoms with Gasteiger partial charge in [0.15, 0.2) is 0 Å². The van der Waals surface area contributed by atoms with E-state index < -0.39 is 0 Å². The molecule has 3 N–H and O–H groups in total. The molecular weight excluding hydrogens is 218 g/mol. The summed E-state index contributed by atoms with van der Waals surface area (Å²) in [6.45, 7) is 5.04. The lowest BCUT2D eigenvalue weighted by Gasteiger charge is -2.37. The Morgan fingerprint density at radius 3 is 2.94 bits per heavy atom. The first-order chi connectivity index (χ1) is 8.19. The Hall–Kier alpha value is -0.650. The molecule has 1 saturated carbocycles. The molecule has 0 aromatic carbocycles. The molecule has 2 atom stereocenters. The third kappa shape index (κ3) is 3.94. The SMILES string of the molecule is CC1COC(CN)CN1CCC(=O)NC1CC1. The largest absolute Gasteiger partial charge is 0.374 e. The molecule has 0 aromatic rings. The van der Waals surface area contributed by atoms with Crippen molar-refractivity contribution in [3.8, 4) is 0 Å². The molecule has 5 heteroatoms. The molecule has 2 rings (SSSR count). The van der Waals surface area contributed by atoms with Gasteiger partial charge < -0.3 is 15.8 Å². The van der Waals surface area contributed by atoms with E-state index in [0.29, 0.717) is 31.7 Å². The maximum Gasteiger partial charge on any atom is 0.221 e. The van der Waals surface area contributed by atoms with Gasteiger partial charge in [-0.15, -0.1) is 0 Å². The van der Waals surface area contributed by atoms with Gasteiger partial charge in [-0.3, -0.25) is 9.69 Å². The summed E-state index contributed by atoms with van der Waals surface area (Å²) in [5.41, 5.74) is 5.61. The topological polar surface area (TPSA) is 67.6 Å². The Morgan fingerprint density at radius 2 is 2.29 bits per heavy atom. The fourth-order valence-electron chi connectivity index (χ4n) is 2.10. The number of rotatable bonds is 5. The molecule has 1 heterocycles. The van der Waals surface area contributed by atoms with Crippen molar-refractivity contribution in [2.45, 2.75) is 44.4 Å². The quantitative estimate of drug-likeness (QED) is 0.693. The van der Waals surface area contributed by atoms with Crippen LogP contribution in [0.15, 0.2) is 0 Å². The van der Waals surface area contributed by atoms with Crippen molar-refractivity contribution in [1.82, 2.24) is 10.2 Å². The third-order valence-corrected chi connectivity index (χ3v) is 3.47. The molecule has 2 unspecified atom stereocenters. The van der Waals surface area contributed by atoms with E-state index in [0.717, 1.165) is 25.9 Å². The molecule has 2 aliphatic rings. The van der Waals surface area contributed by atoms with E-state index in [1.165, 1.54) is 0 Å². The number of nitrogens with zero attached hydrogens (tertiary/aromatic N) is 1. The van der Waals surface area contributed by atoms with Crippen LogP contribution in [0.4, 0.5) is 0 Å². The molecule has 1 amide bonds. The zero-order valence-electron chi connectivity index (χ0n) is 10.5. The monoisotopic (exact) mass is 241 g/mol. The zero-order valence-corrected chi connectivity index (χ0v) is 10.5. The number of carbonyl (C=O) groups is 1. The van der Waals surface area contributed by atoms with Crippen molar-refractivity contribution >= 4 is 5.91 Å². The molecule has 17 heavy (non-hydrogen) atoms. The van der Waals surface area contributed by atoms with E-state index in [2.05, 4.69) is 17.1 Å². The first-order valence-electron chi connectivity index (χ1n) is 6.54. The number of nitrogens with one attached hydrogen (secondary N) is 1. The second-order valence-electron chi connectivity index (χ2n) is 5.13. The minimum absolute atomic E-state index is 0.123. The Balaban J connectivity index is 1.70. The van der Waals surface area contributed by atoms with Crippen molar-refractivity contribution in [2.75, 3.05) is 26.2 Å². The summed E-state index contributed by atoms with van der Waals surface area (Å²) in [4.78, 5) is 13.9. The molecule has 2 fully saturated rings. The van der Waals surface area contributed by atoms with Crippen molar-refractivity contribution in [3.05, 3.63) is 0 Å². The Labute approximate surface area is 103 Å². The van der Waals surface area contributed by atoms with Crippen LogP contribution in [0, 0.1) is 0 Å². The fourth-order valence-corrected chi connectivity index (χ4v) is 2.10. The third-order valence-electron chi connectivity index (χ3n) is 3.47. The van der Waals surface area contributed by atoms with Gasteiger partial charge in [-0.25, -0.2) is 0 Å². The minimum Gasteiger partial charge on any atom is -0.374 e. The van der Waals surface area contributed by atoms with Crippen molar-refractivity contribution in [2.24, 2.45) is 5.73 Å².